The summed E-state index contributed by atoms with van der Waals surface area (Å²) in [7, 11) is 1.77. The van der Waals surface area contributed by atoms with Gasteiger partial charge in [0.2, 0.25) is 0 Å². The summed E-state index contributed by atoms with van der Waals surface area (Å²) in [5, 5.41) is 30.2. The Hall–Kier alpha value is -2.97. The predicted octanol–water partition coefficient (Wildman–Crippen LogP) is 1.03. The molecule has 20 heavy (non-hydrogen) atoms. The number of hydrogen-bond donors (Lipinski definition) is 2. The van der Waals surface area contributed by atoms with Gasteiger partial charge in [0, 0.05) is 18.8 Å². The monoisotopic (exact) mass is 277 g/mol. The highest BCUT2D eigenvalue weighted by Crippen LogP contribution is 2.23. The molecule has 0 saturated carbocycles. The van der Waals surface area contributed by atoms with Gasteiger partial charge in [-0.15, -0.1) is 10.2 Å². The van der Waals surface area contributed by atoms with Crippen molar-refractivity contribution in [3.8, 4) is 0 Å². The van der Waals surface area contributed by atoms with Crippen molar-refractivity contribution in [1.82, 2.24) is 14.8 Å². The second-order valence-corrected chi connectivity index (χ2v) is 4.01. The maximum atomic E-state index is 10.9. The van der Waals surface area contributed by atoms with E-state index in [-0.39, 0.29) is 5.56 Å². The third-order valence-corrected chi connectivity index (χ3v) is 2.68. The third-order valence-electron chi connectivity index (χ3n) is 2.68. The molecule has 0 fully saturated rings. The van der Waals surface area contributed by atoms with Crippen molar-refractivity contribution >= 4 is 17.3 Å². The van der Waals surface area contributed by atoms with Crippen molar-refractivity contribution in [1.29, 1.82) is 0 Å². The minimum atomic E-state index is -1.34. The Kier molecular flexibility index (Phi) is 3.60. The van der Waals surface area contributed by atoms with Gasteiger partial charge in [-0.05, 0) is 12.1 Å². The Balaban J connectivity index is 2.21. The average molecular weight is 277 g/mol. The number of carbonyl (C=O) groups is 1. The lowest BCUT2D eigenvalue weighted by Crippen LogP contribution is -2.07. The van der Waals surface area contributed by atoms with Crippen LogP contribution >= 0.6 is 0 Å². The molecule has 0 spiro atoms. The number of hydrogen-bond acceptors (Lipinski definition) is 6. The molecule has 0 radical (unpaired) electrons. The fourth-order valence-electron chi connectivity index (χ4n) is 1.62. The normalized spacial score (nSPS) is 10.2. The minimum Gasteiger partial charge on any atom is -0.477 e. The van der Waals surface area contributed by atoms with Gasteiger partial charge in [0.05, 0.1) is 11.5 Å². The van der Waals surface area contributed by atoms with E-state index in [1.54, 1.807) is 11.6 Å². The zero-order valence-corrected chi connectivity index (χ0v) is 10.5. The number of nitrogens with one attached hydrogen (secondary N) is 1. The first kappa shape index (κ1) is 13.5. The first-order valence-electron chi connectivity index (χ1n) is 5.57. The van der Waals surface area contributed by atoms with Gasteiger partial charge in [-0.1, -0.05) is 0 Å². The van der Waals surface area contributed by atoms with Crippen LogP contribution in [0.4, 0.5) is 11.4 Å². The largest absolute Gasteiger partial charge is 0.477 e. The summed E-state index contributed by atoms with van der Waals surface area (Å²) >= 11 is 0. The lowest BCUT2D eigenvalue weighted by atomic mass is 10.1. The van der Waals surface area contributed by atoms with E-state index in [0.29, 0.717) is 18.1 Å². The van der Waals surface area contributed by atoms with E-state index in [2.05, 4.69) is 15.5 Å². The number of aryl methyl sites for hydroxylation is 1. The lowest BCUT2D eigenvalue weighted by Gasteiger charge is -2.06. The highest BCUT2D eigenvalue weighted by molar-refractivity contribution is 5.93. The summed E-state index contributed by atoms with van der Waals surface area (Å²) in [6.07, 6.45) is 1.53. The molecule has 0 aliphatic carbocycles. The zero-order chi connectivity index (χ0) is 14.7. The maximum Gasteiger partial charge on any atom is 0.342 e. The van der Waals surface area contributed by atoms with Crippen LogP contribution in [0.2, 0.25) is 0 Å². The summed E-state index contributed by atoms with van der Waals surface area (Å²) in [6, 6.07) is 3.84. The molecule has 1 heterocycles. The minimum absolute atomic E-state index is 0.320. The Labute approximate surface area is 113 Å². The molecule has 0 unspecified atom stereocenters. The van der Waals surface area contributed by atoms with Crippen molar-refractivity contribution in [2.75, 3.05) is 5.32 Å². The summed E-state index contributed by atoms with van der Waals surface area (Å²) in [4.78, 5) is 21.0. The molecule has 1 aromatic carbocycles. The molecule has 0 aliphatic heterocycles. The van der Waals surface area contributed by atoms with Crippen molar-refractivity contribution in [3.05, 3.63) is 46.0 Å². The quantitative estimate of drug-likeness (QED) is 0.618. The van der Waals surface area contributed by atoms with Crippen LogP contribution in [0.5, 0.6) is 0 Å². The van der Waals surface area contributed by atoms with E-state index in [0.717, 1.165) is 0 Å². The van der Waals surface area contributed by atoms with Gasteiger partial charge < -0.3 is 15.0 Å². The molecule has 2 aromatic rings. The van der Waals surface area contributed by atoms with E-state index in [4.69, 9.17) is 5.11 Å². The van der Waals surface area contributed by atoms with Crippen LogP contribution in [-0.2, 0) is 13.6 Å². The van der Waals surface area contributed by atoms with Crippen LogP contribution < -0.4 is 5.32 Å². The molecule has 0 bridgehead atoms. The van der Waals surface area contributed by atoms with Gasteiger partial charge >= 0.3 is 5.97 Å². The number of nitro benzene ring substituents is 1. The molecule has 9 heteroatoms. The van der Waals surface area contributed by atoms with E-state index in [1.165, 1.54) is 24.5 Å². The average Bonchev–Trinajstić information content (AvgIpc) is 2.81. The summed E-state index contributed by atoms with van der Waals surface area (Å²) in [5.74, 6) is -0.688. The maximum absolute atomic E-state index is 10.9. The molecule has 9 nitrogen and oxygen atoms in total. The molecular weight excluding hydrogens is 266 g/mol. The first-order valence-corrected chi connectivity index (χ1v) is 5.57. The number of nitro groups is 1. The number of nitrogens with zero attached hydrogens (tertiary/aromatic N) is 4. The summed E-state index contributed by atoms with van der Waals surface area (Å²) in [6.45, 7) is 0.320. The molecule has 2 N–H and O–H groups in total. The van der Waals surface area contributed by atoms with Crippen LogP contribution in [0, 0.1) is 10.1 Å². The van der Waals surface area contributed by atoms with Crippen molar-refractivity contribution in [2.24, 2.45) is 7.05 Å². The number of rotatable bonds is 5. The molecule has 0 atom stereocenters. The second-order valence-electron chi connectivity index (χ2n) is 4.01. The topological polar surface area (TPSA) is 123 Å². The van der Waals surface area contributed by atoms with Crippen LogP contribution in [0.3, 0.4) is 0 Å². The Bertz CT molecular complexity index is 667. The summed E-state index contributed by atoms with van der Waals surface area (Å²) < 4.78 is 1.70. The second kappa shape index (κ2) is 5.34. The van der Waals surface area contributed by atoms with E-state index >= 15 is 0 Å². The smallest absolute Gasteiger partial charge is 0.342 e. The third kappa shape index (κ3) is 2.71. The number of aromatic carboxylic acids is 1. The number of carboxylic acid groups (broad SMARTS) is 1. The highest BCUT2D eigenvalue weighted by Gasteiger charge is 2.20. The Morgan fingerprint density at radius 1 is 1.55 bits per heavy atom. The molecule has 0 aliphatic rings. The van der Waals surface area contributed by atoms with Crippen LogP contribution in [0.1, 0.15) is 16.2 Å². The van der Waals surface area contributed by atoms with Crippen LogP contribution in [-0.4, -0.2) is 30.8 Å². The molecular formula is C11H11N5O4. The van der Waals surface area contributed by atoms with E-state index in [1.807, 2.05) is 0 Å². The van der Waals surface area contributed by atoms with Gasteiger partial charge in [-0.3, -0.25) is 10.1 Å². The first-order chi connectivity index (χ1) is 9.49. The van der Waals surface area contributed by atoms with Gasteiger partial charge in [-0.25, -0.2) is 4.79 Å². The van der Waals surface area contributed by atoms with Gasteiger partial charge in [0.1, 0.15) is 11.9 Å². The standard InChI is InChI=1S/C11H11N5O4/c1-15-6-13-14-10(15)5-12-7-2-3-8(11(17)18)9(4-7)16(19)20/h2-4,6,12H,5H2,1H3,(H,17,18). The SMILES string of the molecule is Cn1cnnc1CNc1ccc(C(=O)O)c([N+](=O)[O-])c1. The van der Waals surface area contributed by atoms with Gasteiger partial charge in [0.15, 0.2) is 5.82 Å². The van der Waals surface area contributed by atoms with E-state index < -0.39 is 16.6 Å². The Morgan fingerprint density at radius 3 is 2.85 bits per heavy atom. The summed E-state index contributed by atoms with van der Waals surface area (Å²) in [5.41, 5.74) is -0.371. The lowest BCUT2D eigenvalue weighted by molar-refractivity contribution is -0.385. The fourth-order valence-corrected chi connectivity index (χ4v) is 1.62. The number of anilines is 1. The molecule has 104 valence electrons. The van der Waals surface area contributed by atoms with Crippen molar-refractivity contribution < 1.29 is 14.8 Å². The van der Waals surface area contributed by atoms with Crippen molar-refractivity contribution in [3.63, 3.8) is 0 Å². The predicted molar refractivity (Wildman–Crippen MR) is 68.4 cm³/mol. The molecule has 0 saturated heterocycles. The van der Waals surface area contributed by atoms with Crippen LogP contribution in [0.25, 0.3) is 0 Å². The number of benzene rings is 1. The fraction of sp³-hybridized carbons (Fsp3) is 0.182. The number of aromatic nitrogens is 3. The number of carboxylic acids is 1. The van der Waals surface area contributed by atoms with Crippen LogP contribution in [0.15, 0.2) is 24.5 Å². The molecule has 0 amide bonds. The molecule has 2 rings (SSSR count). The highest BCUT2D eigenvalue weighted by atomic mass is 16.6. The zero-order valence-electron chi connectivity index (χ0n) is 10.5. The van der Waals surface area contributed by atoms with Gasteiger partial charge in [-0.2, -0.15) is 0 Å². The van der Waals surface area contributed by atoms with Crippen molar-refractivity contribution in [2.45, 2.75) is 6.54 Å². The van der Waals surface area contributed by atoms with E-state index in [9.17, 15) is 14.9 Å². The molecule has 1 aromatic heterocycles. The Morgan fingerprint density at radius 2 is 2.30 bits per heavy atom. The van der Waals surface area contributed by atoms with Gasteiger partial charge in [0.25, 0.3) is 5.69 Å².